The minimum absolute atomic E-state index is 0.0647. The van der Waals surface area contributed by atoms with E-state index in [0.29, 0.717) is 0 Å². The van der Waals surface area contributed by atoms with Crippen LogP contribution in [0.3, 0.4) is 0 Å². The fourth-order valence-corrected chi connectivity index (χ4v) is 9.05. The first-order valence-electron chi connectivity index (χ1n) is 19.6. The summed E-state index contributed by atoms with van der Waals surface area (Å²) in [6.07, 6.45) is 6.17. The second kappa shape index (κ2) is 14.1. The third-order valence-electron chi connectivity index (χ3n) is 12.0. The molecule has 0 unspecified atom stereocenters. The quantitative estimate of drug-likeness (QED) is 0.160. The fraction of sp³-hybridized carbons (Fsp3) is 0.113. The van der Waals surface area contributed by atoms with Gasteiger partial charge in [0.15, 0.2) is 11.5 Å². The van der Waals surface area contributed by atoms with Gasteiger partial charge in [0.1, 0.15) is 0 Å². The minimum Gasteiger partial charge on any atom is -0.238 e. The summed E-state index contributed by atoms with van der Waals surface area (Å²) in [5.41, 5.74) is 18.4. The van der Waals surface area contributed by atoms with Crippen LogP contribution in [0.5, 0.6) is 0 Å². The molecule has 1 aromatic heterocycles. The second-order valence-electron chi connectivity index (χ2n) is 15.2. The van der Waals surface area contributed by atoms with Gasteiger partial charge in [-0.05, 0) is 86.7 Å². The standard InChI is InChI=1S/C53H39N3/c1-54-45-28-30-48-47(34-45)46-29-27-44(33-49(46)53(48)31-9-4-10-32-53)40-21-19-38(20-22-40)36-15-17-37(18-16-36)39-23-25-42(26-24-39)51-35-50(41-11-5-2-6-12-41)55-52(56-51)43-13-7-3-8-14-43/h2-3,5-8,11-30,33-35H,4,9-10,31-32H2. The van der Waals surface area contributed by atoms with Crippen molar-refractivity contribution >= 4 is 5.69 Å². The van der Waals surface area contributed by atoms with E-state index in [-0.39, 0.29) is 5.41 Å². The van der Waals surface area contributed by atoms with Crippen LogP contribution < -0.4 is 0 Å². The zero-order chi connectivity index (χ0) is 37.5. The van der Waals surface area contributed by atoms with Crippen LogP contribution in [0.2, 0.25) is 0 Å². The SMILES string of the molecule is [C-]#[N+]c1ccc2c(c1)-c1ccc(-c3ccc(-c4ccc(-c5ccc(-c6cc(-c7ccccc7)nc(-c7ccccc7)n6)cc5)cc4)cc3)cc1C21CCCCC1. The third kappa shape index (κ3) is 6.01. The van der Waals surface area contributed by atoms with Crippen LogP contribution in [0.25, 0.3) is 83.3 Å². The van der Waals surface area contributed by atoms with Gasteiger partial charge in [-0.15, -0.1) is 0 Å². The molecule has 266 valence electrons. The molecule has 56 heavy (non-hydrogen) atoms. The van der Waals surface area contributed by atoms with Gasteiger partial charge in [-0.1, -0.05) is 177 Å². The van der Waals surface area contributed by atoms with E-state index in [4.69, 9.17) is 16.5 Å². The maximum Gasteiger partial charge on any atom is 0.187 e. The van der Waals surface area contributed by atoms with Gasteiger partial charge in [0.05, 0.1) is 18.0 Å². The summed E-state index contributed by atoms with van der Waals surface area (Å²) in [6, 6.07) is 62.5. The van der Waals surface area contributed by atoms with Gasteiger partial charge >= 0.3 is 0 Å². The topological polar surface area (TPSA) is 30.1 Å². The second-order valence-corrected chi connectivity index (χ2v) is 15.2. The van der Waals surface area contributed by atoms with Gasteiger partial charge in [0, 0.05) is 22.1 Å². The molecule has 0 radical (unpaired) electrons. The number of rotatable bonds is 6. The lowest BCUT2D eigenvalue weighted by Crippen LogP contribution is -2.28. The van der Waals surface area contributed by atoms with Crippen molar-refractivity contribution < 1.29 is 0 Å². The normalized spacial score (nSPS) is 13.8. The number of fused-ring (bicyclic) bond motifs is 5. The molecule has 8 aromatic rings. The molecular weight excluding hydrogens is 679 g/mol. The Morgan fingerprint density at radius 3 is 1.43 bits per heavy atom. The maximum absolute atomic E-state index is 7.61. The molecule has 2 aliphatic rings. The minimum atomic E-state index is 0.0647. The predicted octanol–water partition coefficient (Wildman–Crippen LogP) is 14.3. The Balaban J connectivity index is 0.896. The highest BCUT2D eigenvalue weighted by atomic mass is 14.9. The average Bonchev–Trinajstić information content (AvgIpc) is 3.54. The van der Waals surface area contributed by atoms with Gasteiger partial charge < -0.3 is 0 Å². The van der Waals surface area contributed by atoms with Crippen molar-refractivity contribution in [2.24, 2.45) is 0 Å². The first-order valence-corrected chi connectivity index (χ1v) is 19.6. The van der Waals surface area contributed by atoms with E-state index in [2.05, 4.69) is 138 Å². The van der Waals surface area contributed by atoms with Gasteiger partial charge in [-0.2, -0.15) is 0 Å². The smallest absolute Gasteiger partial charge is 0.187 e. The molecule has 3 nitrogen and oxygen atoms in total. The lowest BCUT2D eigenvalue weighted by molar-refractivity contribution is 0.353. The number of hydrogen-bond donors (Lipinski definition) is 0. The lowest BCUT2D eigenvalue weighted by Gasteiger charge is -2.36. The van der Waals surface area contributed by atoms with Crippen LogP contribution in [-0.2, 0) is 5.41 Å². The Morgan fingerprint density at radius 1 is 0.393 bits per heavy atom. The summed E-state index contributed by atoms with van der Waals surface area (Å²) in [6.45, 7) is 7.61. The highest BCUT2D eigenvalue weighted by molar-refractivity contribution is 5.86. The molecule has 10 rings (SSSR count). The molecule has 0 atom stereocenters. The zero-order valence-electron chi connectivity index (χ0n) is 31.1. The van der Waals surface area contributed by atoms with Gasteiger partial charge in [0.25, 0.3) is 0 Å². The molecule has 0 N–H and O–H groups in total. The summed E-state index contributed by atoms with van der Waals surface area (Å²) < 4.78 is 0. The summed E-state index contributed by atoms with van der Waals surface area (Å²) in [7, 11) is 0. The Morgan fingerprint density at radius 2 is 0.875 bits per heavy atom. The molecule has 7 aromatic carbocycles. The van der Waals surface area contributed by atoms with Crippen molar-refractivity contribution in [3.63, 3.8) is 0 Å². The van der Waals surface area contributed by atoms with Crippen LogP contribution in [0.1, 0.15) is 43.2 Å². The van der Waals surface area contributed by atoms with E-state index in [1.807, 2.05) is 42.5 Å². The van der Waals surface area contributed by atoms with Crippen LogP contribution >= 0.6 is 0 Å². The number of aromatic nitrogens is 2. The number of benzene rings is 7. The fourth-order valence-electron chi connectivity index (χ4n) is 9.05. The van der Waals surface area contributed by atoms with Gasteiger partial charge in [-0.3, -0.25) is 0 Å². The van der Waals surface area contributed by atoms with E-state index in [0.717, 1.165) is 45.2 Å². The Bertz CT molecular complexity index is 2680. The molecule has 1 spiro atoms. The van der Waals surface area contributed by atoms with E-state index in [9.17, 15) is 0 Å². The van der Waals surface area contributed by atoms with Gasteiger partial charge in [0.2, 0.25) is 0 Å². The molecule has 1 fully saturated rings. The van der Waals surface area contributed by atoms with E-state index < -0.39 is 0 Å². The molecule has 1 heterocycles. The first kappa shape index (κ1) is 33.7. The predicted molar refractivity (Wildman–Crippen MR) is 230 cm³/mol. The highest BCUT2D eigenvalue weighted by Crippen LogP contribution is 2.57. The molecule has 0 bridgehead atoms. The van der Waals surface area contributed by atoms with Gasteiger partial charge in [-0.25, -0.2) is 14.8 Å². The Kier molecular flexibility index (Phi) is 8.46. The zero-order valence-corrected chi connectivity index (χ0v) is 31.1. The summed E-state index contributed by atoms with van der Waals surface area (Å²) in [5.74, 6) is 0.720. The highest BCUT2D eigenvalue weighted by Gasteiger charge is 2.43. The molecule has 0 amide bonds. The van der Waals surface area contributed by atoms with Crippen molar-refractivity contribution in [1.82, 2.24) is 9.97 Å². The summed E-state index contributed by atoms with van der Waals surface area (Å²) >= 11 is 0. The monoisotopic (exact) mass is 717 g/mol. The van der Waals surface area contributed by atoms with Crippen LogP contribution in [0, 0.1) is 6.57 Å². The lowest BCUT2D eigenvalue weighted by atomic mass is 9.67. The van der Waals surface area contributed by atoms with E-state index in [1.54, 1.807) is 0 Å². The average molecular weight is 718 g/mol. The molecule has 2 aliphatic carbocycles. The third-order valence-corrected chi connectivity index (χ3v) is 12.0. The van der Waals surface area contributed by atoms with Crippen molar-refractivity contribution in [1.29, 1.82) is 0 Å². The summed E-state index contributed by atoms with van der Waals surface area (Å²) in [5, 5.41) is 0. The molecule has 1 saturated carbocycles. The Labute approximate surface area is 328 Å². The maximum atomic E-state index is 7.61. The molecular formula is C53H39N3. The van der Waals surface area contributed by atoms with Crippen LogP contribution in [0.4, 0.5) is 5.69 Å². The van der Waals surface area contributed by atoms with Crippen molar-refractivity contribution in [2.75, 3.05) is 0 Å². The number of nitrogens with zero attached hydrogens (tertiary/aromatic N) is 3. The van der Waals surface area contributed by atoms with Crippen molar-refractivity contribution in [3.8, 4) is 78.4 Å². The first-order chi connectivity index (χ1) is 27.6. The summed E-state index contributed by atoms with van der Waals surface area (Å²) in [4.78, 5) is 13.7. The van der Waals surface area contributed by atoms with Crippen molar-refractivity contribution in [2.45, 2.75) is 37.5 Å². The molecule has 0 saturated heterocycles. The van der Waals surface area contributed by atoms with E-state index in [1.165, 1.54) is 82.2 Å². The van der Waals surface area contributed by atoms with Crippen molar-refractivity contribution in [3.05, 3.63) is 198 Å². The largest absolute Gasteiger partial charge is 0.238 e. The molecule has 0 aliphatic heterocycles. The molecule has 3 heteroatoms. The van der Waals surface area contributed by atoms with E-state index >= 15 is 0 Å². The van der Waals surface area contributed by atoms with Crippen LogP contribution in [0.15, 0.2) is 176 Å². The van der Waals surface area contributed by atoms with Crippen LogP contribution in [-0.4, -0.2) is 9.97 Å². The Hall–Kier alpha value is -6.89. The number of hydrogen-bond acceptors (Lipinski definition) is 2.